The van der Waals surface area contributed by atoms with E-state index in [1.807, 2.05) is 11.8 Å². The smallest absolute Gasteiger partial charge is 0.245 e. The second-order valence-corrected chi connectivity index (χ2v) is 5.70. The zero-order chi connectivity index (χ0) is 13.1. The molecule has 1 saturated heterocycles. The van der Waals surface area contributed by atoms with Gasteiger partial charge in [0.05, 0.1) is 6.54 Å². The Labute approximate surface area is 109 Å². The second-order valence-electron chi connectivity index (χ2n) is 5.70. The van der Waals surface area contributed by atoms with E-state index in [4.69, 9.17) is 0 Å². The van der Waals surface area contributed by atoms with Crippen molar-refractivity contribution in [2.75, 3.05) is 6.54 Å². The lowest BCUT2D eigenvalue weighted by atomic mass is 9.84. The van der Waals surface area contributed by atoms with Crippen molar-refractivity contribution in [2.24, 2.45) is 5.92 Å². The fourth-order valence-electron chi connectivity index (χ4n) is 3.26. The number of rotatable bonds is 3. The molecule has 3 unspecified atom stereocenters. The molecule has 102 valence electrons. The molecule has 0 aromatic rings. The van der Waals surface area contributed by atoms with Gasteiger partial charge in [0.1, 0.15) is 6.04 Å². The van der Waals surface area contributed by atoms with E-state index in [-0.39, 0.29) is 30.4 Å². The first-order chi connectivity index (χ1) is 8.63. The lowest BCUT2D eigenvalue weighted by Gasteiger charge is -2.42. The molecule has 2 rings (SSSR count). The molecule has 1 aliphatic heterocycles. The minimum atomic E-state index is -0.287. The van der Waals surface area contributed by atoms with Crippen LogP contribution in [0, 0.1) is 5.92 Å². The van der Waals surface area contributed by atoms with Gasteiger partial charge >= 0.3 is 0 Å². The van der Waals surface area contributed by atoms with E-state index in [0.29, 0.717) is 5.92 Å². The zero-order valence-electron chi connectivity index (χ0n) is 11.4. The van der Waals surface area contributed by atoms with E-state index in [2.05, 4.69) is 12.2 Å². The van der Waals surface area contributed by atoms with Crippen molar-refractivity contribution in [2.45, 2.75) is 64.5 Å². The summed E-state index contributed by atoms with van der Waals surface area (Å²) >= 11 is 0. The van der Waals surface area contributed by atoms with Gasteiger partial charge in [0.2, 0.25) is 11.8 Å². The number of carbonyl (C=O) groups excluding carboxylic acids is 2. The van der Waals surface area contributed by atoms with E-state index < -0.39 is 0 Å². The van der Waals surface area contributed by atoms with Gasteiger partial charge in [-0.3, -0.25) is 9.59 Å². The Balaban J connectivity index is 2.09. The first-order valence-corrected chi connectivity index (χ1v) is 7.23. The number of nitrogens with one attached hydrogen (secondary N) is 1. The third-order valence-corrected chi connectivity index (χ3v) is 4.27. The van der Waals surface area contributed by atoms with E-state index in [9.17, 15) is 9.59 Å². The Morgan fingerprint density at radius 2 is 2.00 bits per heavy atom. The summed E-state index contributed by atoms with van der Waals surface area (Å²) < 4.78 is 0. The molecule has 4 nitrogen and oxygen atoms in total. The first-order valence-electron chi connectivity index (χ1n) is 7.23. The number of hydrogen-bond donors (Lipinski definition) is 1. The Morgan fingerprint density at radius 3 is 2.67 bits per heavy atom. The largest absolute Gasteiger partial charge is 0.343 e. The molecule has 1 saturated carbocycles. The molecule has 2 amide bonds. The summed E-state index contributed by atoms with van der Waals surface area (Å²) in [6.45, 7) is 4.51. The van der Waals surface area contributed by atoms with Gasteiger partial charge in [-0.15, -0.1) is 0 Å². The van der Waals surface area contributed by atoms with Gasteiger partial charge in [0.25, 0.3) is 0 Å². The Morgan fingerprint density at radius 1 is 1.28 bits per heavy atom. The van der Waals surface area contributed by atoms with Crippen molar-refractivity contribution in [3.05, 3.63) is 0 Å². The number of amides is 2. The van der Waals surface area contributed by atoms with Crippen molar-refractivity contribution >= 4 is 11.8 Å². The highest BCUT2D eigenvalue weighted by Crippen LogP contribution is 2.29. The van der Waals surface area contributed by atoms with Crippen molar-refractivity contribution in [3.8, 4) is 0 Å². The summed E-state index contributed by atoms with van der Waals surface area (Å²) in [6, 6.07) is -0.0120. The highest BCUT2D eigenvalue weighted by atomic mass is 16.2. The fourth-order valence-corrected chi connectivity index (χ4v) is 3.26. The number of carbonyl (C=O) groups is 2. The van der Waals surface area contributed by atoms with Crippen LogP contribution in [0.5, 0.6) is 0 Å². The van der Waals surface area contributed by atoms with Gasteiger partial charge in [-0.05, 0) is 25.2 Å². The molecule has 0 spiro atoms. The van der Waals surface area contributed by atoms with Crippen LogP contribution in [-0.4, -0.2) is 35.3 Å². The quantitative estimate of drug-likeness (QED) is 0.831. The van der Waals surface area contributed by atoms with Gasteiger partial charge in [0, 0.05) is 6.04 Å². The van der Waals surface area contributed by atoms with E-state index >= 15 is 0 Å². The van der Waals surface area contributed by atoms with Crippen LogP contribution in [0.15, 0.2) is 0 Å². The maximum absolute atomic E-state index is 12.4. The van der Waals surface area contributed by atoms with Crippen molar-refractivity contribution in [1.29, 1.82) is 0 Å². The second kappa shape index (κ2) is 5.72. The van der Waals surface area contributed by atoms with Gasteiger partial charge in [-0.1, -0.05) is 33.1 Å². The molecular weight excluding hydrogens is 228 g/mol. The summed E-state index contributed by atoms with van der Waals surface area (Å²) in [4.78, 5) is 26.0. The molecule has 3 atom stereocenters. The van der Waals surface area contributed by atoms with Gasteiger partial charge in [-0.2, -0.15) is 0 Å². The van der Waals surface area contributed by atoms with Gasteiger partial charge in [-0.25, -0.2) is 0 Å². The van der Waals surface area contributed by atoms with E-state index in [1.54, 1.807) is 0 Å². The predicted octanol–water partition coefficient (Wildman–Crippen LogP) is 1.69. The molecule has 2 aliphatic rings. The normalized spacial score (nSPS) is 33.4. The van der Waals surface area contributed by atoms with Crippen LogP contribution in [0.1, 0.15) is 52.4 Å². The summed E-state index contributed by atoms with van der Waals surface area (Å²) in [5.41, 5.74) is 0. The molecule has 2 fully saturated rings. The fraction of sp³-hybridized carbons (Fsp3) is 0.857. The lowest BCUT2D eigenvalue weighted by Crippen LogP contribution is -2.61. The number of hydrogen-bond acceptors (Lipinski definition) is 2. The first kappa shape index (κ1) is 13.4. The summed E-state index contributed by atoms with van der Waals surface area (Å²) in [5, 5.41) is 2.82. The monoisotopic (exact) mass is 252 g/mol. The molecule has 1 heterocycles. The standard InChI is InChI=1S/C14H24N2O2/c1-3-6-11-14(18)16(9-13(17)15-11)12-8-5-4-7-10(12)2/h10-12H,3-9H2,1-2H3,(H,15,17). The molecule has 0 aromatic carbocycles. The number of piperazine rings is 1. The minimum Gasteiger partial charge on any atom is -0.343 e. The third kappa shape index (κ3) is 2.68. The van der Waals surface area contributed by atoms with E-state index in [1.165, 1.54) is 19.3 Å². The zero-order valence-corrected chi connectivity index (χ0v) is 11.4. The Hall–Kier alpha value is -1.06. The molecular formula is C14H24N2O2. The lowest BCUT2D eigenvalue weighted by molar-refractivity contribution is -0.148. The average molecular weight is 252 g/mol. The summed E-state index contributed by atoms with van der Waals surface area (Å²) in [7, 11) is 0. The average Bonchev–Trinajstić information content (AvgIpc) is 2.34. The van der Waals surface area contributed by atoms with Crippen LogP contribution >= 0.6 is 0 Å². The van der Waals surface area contributed by atoms with Crippen LogP contribution in [0.25, 0.3) is 0 Å². The maximum Gasteiger partial charge on any atom is 0.245 e. The highest BCUT2D eigenvalue weighted by Gasteiger charge is 2.38. The van der Waals surface area contributed by atoms with Crippen molar-refractivity contribution < 1.29 is 9.59 Å². The third-order valence-electron chi connectivity index (χ3n) is 4.27. The molecule has 0 radical (unpaired) electrons. The van der Waals surface area contributed by atoms with Gasteiger partial charge < -0.3 is 10.2 Å². The highest BCUT2D eigenvalue weighted by molar-refractivity contribution is 5.95. The molecule has 18 heavy (non-hydrogen) atoms. The molecule has 1 N–H and O–H groups in total. The van der Waals surface area contributed by atoms with Crippen LogP contribution in [0.4, 0.5) is 0 Å². The Bertz CT molecular complexity index is 330. The molecule has 0 aromatic heterocycles. The topological polar surface area (TPSA) is 49.4 Å². The predicted molar refractivity (Wildman–Crippen MR) is 70.0 cm³/mol. The van der Waals surface area contributed by atoms with E-state index in [0.717, 1.165) is 19.3 Å². The Kier molecular flexibility index (Phi) is 4.25. The van der Waals surface area contributed by atoms with Crippen LogP contribution in [0.3, 0.4) is 0 Å². The molecule has 4 heteroatoms. The summed E-state index contributed by atoms with van der Waals surface area (Å²) in [6.07, 6.45) is 6.34. The minimum absolute atomic E-state index is 0.00539. The van der Waals surface area contributed by atoms with Crippen LogP contribution < -0.4 is 5.32 Å². The molecule has 0 bridgehead atoms. The van der Waals surface area contributed by atoms with Crippen molar-refractivity contribution in [1.82, 2.24) is 10.2 Å². The molecule has 1 aliphatic carbocycles. The maximum atomic E-state index is 12.4. The van der Waals surface area contributed by atoms with Crippen LogP contribution in [-0.2, 0) is 9.59 Å². The van der Waals surface area contributed by atoms with Crippen molar-refractivity contribution in [3.63, 3.8) is 0 Å². The summed E-state index contributed by atoms with van der Waals surface area (Å²) in [5.74, 6) is 0.664. The van der Waals surface area contributed by atoms with Crippen LogP contribution in [0.2, 0.25) is 0 Å². The van der Waals surface area contributed by atoms with Gasteiger partial charge in [0.15, 0.2) is 0 Å². The number of nitrogens with zero attached hydrogens (tertiary/aromatic N) is 1. The SMILES string of the molecule is CCCC1NC(=O)CN(C2CCCCC2C)C1=O.